The average molecular weight is 240 g/mol. The number of nitrogens with one attached hydrogen (secondary N) is 1. The first-order valence-corrected chi connectivity index (χ1v) is 6.55. The molecule has 1 N–H and O–H groups in total. The molecular weight excluding hydrogens is 224 g/mol. The van der Waals surface area contributed by atoms with Gasteiger partial charge in [-0.1, -0.05) is 0 Å². The van der Waals surface area contributed by atoms with Crippen molar-refractivity contribution in [1.82, 2.24) is 14.7 Å². The normalized spacial score (nSPS) is 26.0. The molecule has 1 aromatic rings. The lowest BCUT2D eigenvalue weighted by atomic mass is 10.2. The Kier molecular flexibility index (Phi) is 3.03. The van der Waals surface area contributed by atoms with Gasteiger partial charge < -0.3 is 15.0 Å². The Balaban J connectivity index is 1.63. The van der Waals surface area contributed by atoms with Crippen molar-refractivity contribution in [3.63, 3.8) is 0 Å². The fourth-order valence-electron chi connectivity index (χ4n) is 1.96. The Morgan fingerprint density at radius 3 is 3.25 bits per heavy atom. The number of hydrogen-bond acceptors (Lipinski definition) is 6. The molecule has 6 heteroatoms. The third-order valence-corrected chi connectivity index (χ3v) is 3.75. The van der Waals surface area contributed by atoms with Crippen LogP contribution in [0.4, 0.5) is 5.13 Å². The number of anilines is 1. The largest absolute Gasteiger partial charge is 0.377 e. The highest BCUT2D eigenvalue weighted by Gasteiger charge is 2.28. The molecule has 3 rings (SSSR count). The number of rotatable bonds is 4. The first-order chi connectivity index (χ1) is 7.93. The lowest BCUT2D eigenvalue weighted by Crippen LogP contribution is -2.50. The van der Waals surface area contributed by atoms with Crippen LogP contribution in [0.25, 0.3) is 0 Å². The van der Waals surface area contributed by atoms with Crippen LogP contribution >= 0.6 is 11.5 Å². The van der Waals surface area contributed by atoms with Gasteiger partial charge in [0.05, 0.1) is 19.3 Å². The van der Waals surface area contributed by atoms with Crippen molar-refractivity contribution in [3.05, 3.63) is 6.33 Å². The van der Waals surface area contributed by atoms with E-state index in [2.05, 4.69) is 19.6 Å². The number of aromatic nitrogens is 2. The smallest absolute Gasteiger partial charge is 0.205 e. The SMILES string of the molecule is c1nsc(N2CCOCC2CNC2CC2)n1. The molecule has 2 fully saturated rings. The summed E-state index contributed by atoms with van der Waals surface area (Å²) >= 11 is 1.46. The minimum atomic E-state index is 0.405. The zero-order valence-corrected chi connectivity index (χ0v) is 9.95. The van der Waals surface area contributed by atoms with Crippen LogP contribution in [0, 0.1) is 0 Å². The average Bonchev–Trinajstić information content (AvgIpc) is 3.00. The van der Waals surface area contributed by atoms with Crippen LogP contribution in [0.15, 0.2) is 6.33 Å². The van der Waals surface area contributed by atoms with Crippen LogP contribution in [0.5, 0.6) is 0 Å². The summed E-state index contributed by atoms with van der Waals surface area (Å²) < 4.78 is 9.60. The zero-order chi connectivity index (χ0) is 10.8. The van der Waals surface area contributed by atoms with Gasteiger partial charge in [0.25, 0.3) is 0 Å². The van der Waals surface area contributed by atoms with E-state index in [0.29, 0.717) is 6.04 Å². The molecule has 1 aliphatic carbocycles. The molecule has 0 radical (unpaired) electrons. The minimum absolute atomic E-state index is 0.405. The Labute approximate surface area is 99.0 Å². The minimum Gasteiger partial charge on any atom is -0.377 e. The second kappa shape index (κ2) is 4.65. The van der Waals surface area contributed by atoms with Gasteiger partial charge >= 0.3 is 0 Å². The molecule has 0 spiro atoms. The van der Waals surface area contributed by atoms with Gasteiger partial charge in [-0.05, 0) is 12.8 Å². The summed E-state index contributed by atoms with van der Waals surface area (Å²) in [6.45, 7) is 3.50. The Hall–Kier alpha value is -0.720. The van der Waals surface area contributed by atoms with Gasteiger partial charge in [0.2, 0.25) is 5.13 Å². The van der Waals surface area contributed by atoms with Crippen molar-refractivity contribution in [3.8, 4) is 0 Å². The van der Waals surface area contributed by atoms with E-state index in [1.54, 1.807) is 6.33 Å². The molecule has 2 heterocycles. The van der Waals surface area contributed by atoms with Crippen LogP contribution in [-0.2, 0) is 4.74 Å². The molecular formula is C10H16N4OS. The van der Waals surface area contributed by atoms with Crippen molar-refractivity contribution in [2.75, 3.05) is 31.2 Å². The summed E-state index contributed by atoms with van der Waals surface area (Å²) in [6.07, 6.45) is 4.28. The van der Waals surface area contributed by atoms with Gasteiger partial charge in [0.15, 0.2) is 0 Å². The fraction of sp³-hybridized carbons (Fsp3) is 0.800. The van der Waals surface area contributed by atoms with Crippen LogP contribution in [0.1, 0.15) is 12.8 Å². The quantitative estimate of drug-likeness (QED) is 0.830. The van der Waals surface area contributed by atoms with Crippen molar-refractivity contribution in [2.45, 2.75) is 24.9 Å². The Bertz CT molecular complexity index is 328. The van der Waals surface area contributed by atoms with Crippen LogP contribution in [0.3, 0.4) is 0 Å². The first kappa shape index (κ1) is 10.4. The van der Waals surface area contributed by atoms with E-state index in [-0.39, 0.29) is 0 Å². The molecule has 1 atom stereocenters. The maximum absolute atomic E-state index is 5.54. The van der Waals surface area contributed by atoms with Crippen molar-refractivity contribution in [1.29, 1.82) is 0 Å². The molecule has 88 valence electrons. The Morgan fingerprint density at radius 1 is 1.56 bits per heavy atom. The highest BCUT2D eigenvalue weighted by molar-refractivity contribution is 7.09. The van der Waals surface area contributed by atoms with Gasteiger partial charge in [-0.2, -0.15) is 4.37 Å². The topological polar surface area (TPSA) is 50.3 Å². The molecule has 1 saturated carbocycles. The molecule has 16 heavy (non-hydrogen) atoms. The molecule has 0 amide bonds. The third kappa shape index (κ3) is 2.34. The van der Waals surface area contributed by atoms with Crippen LogP contribution in [0.2, 0.25) is 0 Å². The summed E-state index contributed by atoms with van der Waals surface area (Å²) in [4.78, 5) is 6.60. The summed E-state index contributed by atoms with van der Waals surface area (Å²) in [7, 11) is 0. The molecule has 0 aromatic carbocycles. The summed E-state index contributed by atoms with van der Waals surface area (Å²) in [5.74, 6) is 0. The predicted molar refractivity (Wildman–Crippen MR) is 62.9 cm³/mol. The van der Waals surface area contributed by atoms with Crippen LogP contribution < -0.4 is 10.2 Å². The van der Waals surface area contributed by atoms with Gasteiger partial charge in [0, 0.05) is 30.7 Å². The molecule has 1 aromatic heterocycles. The number of hydrogen-bond donors (Lipinski definition) is 1. The van der Waals surface area contributed by atoms with E-state index in [9.17, 15) is 0 Å². The van der Waals surface area contributed by atoms with E-state index in [1.165, 1.54) is 24.4 Å². The summed E-state index contributed by atoms with van der Waals surface area (Å²) in [6, 6.07) is 1.15. The summed E-state index contributed by atoms with van der Waals surface area (Å²) in [5.41, 5.74) is 0. The standard InChI is InChI=1S/C10H16N4OS/c1-2-8(1)11-5-9-6-15-4-3-14(9)10-12-7-13-16-10/h7-9,11H,1-6H2. The second-order valence-electron chi connectivity index (χ2n) is 4.33. The maximum Gasteiger partial charge on any atom is 0.205 e. The molecule has 1 unspecified atom stereocenters. The van der Waals surface area contributed by atoms with E-state index in [1.807, 2.05) is 0 Å². The van der Waals surface area contributed by atoms with Gasteiger partial charge in [-0.3, -0.25) is 0 Å². The van der Waals surface area contributed by atoms with E-state index in [4.69, 9.17) is 4.74 Å². The highest BCUT2D eigenvalue weighted by atomic mass is 32.1. The first-order valence-electron chi connectivity index (χ1n) is 5.78. The molecule has 1 aliphatic heterocycles. The number of ether oxygens (including phenoxy) is 1. The second-order valence-corrected chi connectivity index (χ2v) is 5.09. The zero-order valence-electron chi connectivity index (χ0n) is 9.13. The van der Waals surface area contributed by atoms with Gasteiger partial charge in [0.1, 0.15) is 6.33 Å². The van der Waals surface area contributed by atoms with Gasteiger partial charge in [-0.15, -0.1) is 0 Å². The maximum atomic E-state index is 5.54. The highest BCUT2D eigenvalue weighted by Crippen LogP contribution is 2.22. The molecule has 0 bridgehead atoms. The number of morpholine rings is 1. The number of nitrogens with zero attached hydrogens (tertiary/aromatic N) is 3. The van der Waals surface area contributed by atoms with E-state index < -0.39 is 0 Å². The van der Waals surface area contributed by atoms with Crippen molar-refractivity contribution < 1.29 is 4.74 Å². The fourth-order valence-corrected chi connectivity index (χ4v) is 2.59. The van der Waals surface area contributed by atoms with Crippen LogP contribution in [-0.4, -0.2) is 47.7 Å². The predicted octanol–water partition coefficient (Wildman–Crippen LogP) is 0.495. The molecule has 5 nitrogen and oxygen atoms in total. The Morgan fingerprint density at radius 2 is 2.50 bits per heavy atom. The monoisotopic (exact) mass is 240 g/mol. The van der Waals surface area contributed by atoms with Crippen molar-refractivity contribution in [2.24, 2.45) is 0 Å². The lowest BCUT2D eigenvalue weighted by Gasteiger charge is -2.35. The molecule has 2 aliphatic rings. The van der Waals surface area contributed by atoms with Gasteiger partial charge in [-0.25, -0.2) is 4.98 Å². The van der Waals surface area contributed by atoms with E-state index in [0.717, 1.165) is 37.5 Å². The molecule has 1 saturated heterocycles. The van der Waals surface area contributed by atoms with Crippen molar-refractivity contribution >= 4 is 16.7 Å². The third-order valence-electron chi connectivity index (χ3n) is 3.04. The van der Waals surface area contributed by atoms with E-state index >= 15 is 0 Å². The summed E-state index contributed by atoms with van der Waals surface area (Å²) in [5, 5.41) is 4.57. The lowest BCUT2D eigenvalue weighted by molar-refractivity contribution is 0.0936.